The lowest BCUT2D eigenvalue weighted by Gasteiger charge is -2.18. The smallest absolute Gasteiger partial charge is 0.340 e. The first kappa shape index (κ1) is 18.1. The Morgan fingerprint density at radius 2 is 1.77 bits per heavy atom. The monoisotopic (exact) mass is 411 g/mol. The van der Waals surface area contributed by atoms with Crippen LogP contribution in [0.1, 0.15) is 19.4 Å². The molecule has 0 N–H and O–H groups in total. The summed E-state index contributed by atoms with van der Waals surface area (Å²) in [4.78, 5) is 27.2. The summed E-state index contributed by atoms with van der Waals surface area (Å²) in [6.45, 7) is 3.76. The number of carbonyl (C=O) groups excluding carboxylic acids is 2. The molecule has 1 aliphatic heterocycles. The Hall–Kier alpha value is -2.66. The Morgan fingerprint density at radius 3 is 2.38 bits per heavy atom. The van der Waals surface area contributed by atoms with Crippen molar-refractivity contribution >= 4 is 39.6 Å². The van der Waals surface area contributed by atoms with E-state index in [-0.39, 0.29) is 12.5 Å². The Balaban J connectivity index is 2.11. The molecule has 1 heterocycles. The van der Waals surface area contributed by atoms with Crippen LogP contribution in [0.3, 0.4) is 0 Å². The molecule has 2 aromatic carbocycles. The summed E-state index contributed by atoms with van der Waals surface area (Å²) in [5.41, 5.74) is 2.77. The van der Waals surface area contributed by atoms with Gasteiger partial charge in [-0.2, -0.15) is 0 Å². The number of esters is 1. The molecule has 0 aliphatic carbocycles. The second kappa shape index (κ2) is 7.70. The fourth-order valence-electron chi connectivity index (χ4n) is 2.90. The van der Waals surface area contributed by atoms with Crippen molar-refractivity contribution in [2.45, 2.75) is 13.8 Å². The van der Waals surface area contributed by atoms with Crippen molar-refractivity contribution in [2.24, 2.45) is 0 Å². The number of carbonyl (C=O) groups is 2. The van der Waals surface area contributed by atoms with Crippen molar-refractivity contribution in [2.75, 3.05) is 11.5 Å². The Kier molecular flexibility index (Phi) is 5.38. The first-order chi connectivity index (χ1) is 12.5. The molecular weight excluding hydrogens is 394 g/mol. The summed E-state index contributed by atoms with van der Waals surface area (Å²) in [5, 5.41) is 0. The third-order valence-electron chi connectivity index (χ3n) is 4.08. The van der Waals surface area contributed by atoms with Crippen molar-refractivity contribution in [3.8, 4) is 0 Å². The largest absolute Gasteiger partial charge is 0.462 e. The van der Waals surface area contributed by atoms with Crippen molar-refractivity contribution in [1.29, 1.82) is 0 Å². The summed E-state index contributed by atoms with van der Waals surface area (Å²) in [7, 11) is 0. The molecule has 0 bridgehead atoms. The molecule has 0 radical (unpaired) electrons. The number of amides is 1. The van der Waals surface area contributed by atoms with Gasteiger partial charge < -0.3 is 4.74 Å². The highest BCUT2D eigenvalue weighted by atomic mass is 79.9. The molecule has 132 valence electrons. The van der Waals surface area contributed by atoms with Crippen LogP contribution in [-0.4, -0.2) is 18.5 Å². The van der Waals surface area contributed by atoms with E-state index < -0.39 is 5.97 Å². The highest BCUT2D eigenvalue weighted by Crippen LogP contribution is 2.35. The van der Waals surface area contributed by atoms with E-state index in [1.807, 2.05) is 54.6 Å². The normalized spacial score (nSPS) is 15.7. The van der Waals surface area contributed by atoms with E-state index in [9.17, 15) is 9.59 Å². The van der Waals surface area contributed by atoms with E-state index in [4.69, 9.17) is 4.74 Å². The molecular formula is C21H18BrNO3. The number of nitrogens with zero attached hydrogens (tertiary/aromatic N) is 1. The fourth-order valence-corrected chi connectivity index (χ4v) is 3.16. The van der Waals surface area contributed by atoms with Crippen LogP contribution < -0.4 is 4.90 Å². The molecule has 0 saturated carbocycles. The number of anilines is 1. The van der Waals surface area contributed by atoms with Crippen LogP contribution in [-0.2, 0) is 14.3 Å². The van der Waals surface area contributed by atoms with Gasteiger partial charge in [0, 0.05) is 15.9 Å². The Labute approximate surface area is 160 Å². The fraction of sp³-hybridized carbons (Fsp3) is 0.143. The van der Waals surface area contributed by atoms with Gasteiger partial charge >= 0.3 is 5.97 Å². The molecule has 4 nitrogen and oxygen atoms in total. The molecule has 0 saturated heterocycles. The summed E-state index contributed by atoms with van der Waals surface area (Å²) < 4.78 is 6.11. The zero-order valence-electron chi connectivity index (χ0n) is 14.5. The standard InChI is InChI=1S/C21H18BrNO3/c1-3-26-21(25)19-14(2)23(17-11-9-16(22)10-12-17)20(24)18(19)13-15-7-5-4-6-8-15/h4-13H,3H2,1-2H3/b18-13-. The van der Waals surface area contributed by atoms with Gasteiger partial charge in [-0.25, -0.2) is 4.79 Å². The zero-order valence-corrected chi connectivity index (χ0v) is 16.1. The molecule has 0 fully saturated rings. The maximum absolute atomic E-state index is 13.1. The number of hydrogen-bond acceptors (Lipinski definition) is 3. The zero-order chi connectivity index (χ0) is 18.7. The van der Waals surface area contributed by atoms with Crippen LogP contribution in [0.25, 0.3) is 6.08 Å². The van der Waals surface area contributed by atoms with Crippen LogP contribution >= 0.6 is 15.9 Å². The first-order valence-electron chi connectivity index (χ1n) is 8.28. The second-order valence-electron chi connectivity index (χ2n) is 5.77. The summed E-state index contributed by atoms with van der Waals surface area (Å²) >= 11 is 3.40. The maximum Gasteiger partial charge on any atom is 0.340 e. The molecule has 0 spiro atoms. The Bertz CT molecular complexity index is 899. The molecule has 0 unspecified atom stereocenters. The van der Waals surface area contributed by atoms with E-state index in [2.05, 4.69) is 15.9 Å². The molecule has 0 aromatic heterocycles. The van der Waals surface area contributed by atoms with E-state index >= 15 is 0 Å². The SMILES string of the molecule is CCOC(=O)C1=C(C)N(c2ccc(Br)cc2)C(=O)/C1=C\c1ccccc1. The highest BCUT2D eigenvalue weighted by Gasteiger charge is 2.37. The highest BCUT2D eigenvalue weighted by molar-refractivity contribution is 9.10. The molecule has 5 heteroatoms. The molecule has 26 heavy (non-hydrogen) atoms. The first-order valence-corrected chi connectivity index (χ1v) is 9.07. The van der Waals surface area contributed by atoms with Gasteiger partial charge in [0.15, 0.2) is 0 Å². The van der Waals surface area contributed by atoms with Gasteiger partial charge in [0.25, 0.3) is 5.91 Å². The molecule has 3 rings (SSSR count). The quantitative estimate of drug-likeness (QED) is 0.540. The summed E-state index contributed by atoms with van der Waals surface area (Å²) in [6, 6.07) is 16.8. The molecule has 1 aliphatic rings. The summed E-state index contributed by atoms with van der Waals surface area (Å²) in [6.07, 6.45) is 1.73. The number of hydrogen-bond donors (Lipinski definition) is 0. The topological polar surface area (TPSA) is 46.6 Å². The molecule has 1 amide bonds. The van der Waals surface area contributed by atoms with Crippen LogP contribution in [0, 0.1) is 0 Å². The third-order valence-corrected chi connectivity index (χ3v) is 4.60. The van der Waals surface area contributed by atoms with Gasteiger partial charge in [-0.15, -0.1) is 0 Å². The van der Waals surface area contributed by atoms with Gasteiger partial charge in [-0.1, -0.05) is 46.3 Å². The van der Waals surface area contributed by atoms with Crippen LogP contribution in [0.4, 0.5) is 5.69 Å². The van der Waals surface area contributed by atoms with Gasteiger partial charge in [0.05, 0.1) is 17.8 Å². The van der Waals surface area contributed by atoms with Gasteiger partial charge in [-0.05, 0) is 49.8 Å². The van der Waals surface area contributed by atoms with Crippen molar-refractivity contribution in [3.63, 3.8) is 0 Å². The van der Waals surface area contributed by atoms with E-state index in [0.29, 0.717) is 22.5 Å². The van der Waals surface area contributed by atoms with Gasteiger partial charge in [0.2, 0.25) is 0 Å². The lowest BCUT2D eigenvalue weighted by Crippen LogP contribution is -2.24. The predicted octanol–water partition coefficient (Wildman–Crippen LogP) is 4.72. The van der Waals surface area contributed by atoms with Gasteiger partial charge in [0.1, 0.15) is 0 Å². The number of ether oxygens (including phenoxy) is 1. The van der Waals surface area contributed by atoms with Crippen LogP contribution in [0.5, 0.6) is 0 Å². The van der Waals surface area contributed by atoms with E-state index in [1.165, 1.54) is 0 Å². The van der Waals surface area contributed by atoms with Crippen molar-refractivity contribution in [3.05, 3.63) is 81.5 Å². The minimum absolute atomic E-state index is 0.239. The van der Waals surface area contributed by atoms with Crippen molar-refractivity contribution < 1.29 is 14.3 Å². The lowest BCUT2D eigenvalue weighted by atomic mass is 10.0. The summed E-state index contributed by atoms with van der Waals surface area (Å²) in [5.74, 6) is -0.725. The molecule has 0 atom stereocenters. The predicted molar refractivity (Wildman–Crippen MR) is 105 cm³/mol. The van der Waals surface area contributed by atoms with Crippen LogP contribution in [0.2, 0.25) is 0 Å². The minimum atomic E-state index is -0.486. The van der Waals surface area contributed by atoms with Gasteiger partial charge in [-0.3, -0.25) is 9.69 Å². The van der Waals surface area contributed by atoms with Crippen LogP contribution in [0.15, 0.2) is 75.9 Å². The van der Waals surface area contributed by atoms with E-state index in [1.54, 1.807) is 24.8 Å². The average Bonchev–Trinajstić information content (AvgIpc) is 2.87. The number of allylic oxidation sites excluding steroid dienone is 1. The molecule has 2 aromatic rings. The number of benzene rings is 2. The maximum atomic E-state index is 13.1. The second-order valence-corrected chi connectivity index (χ2v) is 6.68. The third kappa shape index (κ3) is 3.48. The lowest BCUT2D eigenvalue weighted by molar-refractivity contribution is -0.138. The van der Waals surface area contributed by atoms with E-state index in [0.717, 1.165) is 10.0 Å². The average molecular weight is 412 g/mol. The number of halogens is 1. The van der Waals surface area contributed by atoms with Crippen molar-refractivity contribution in [1.82, 2.24) is 0 Å². The Morgan fingerprint density at radius 1 is 1.12 bits per heavy atom. The minimum Gasteiger partial charge on any atom is -0.462 e. The number of rotatable bonds is 4.